The van der Waals surface area contributed by atoms with Crippen LogP contribution in [0.2, 0.25) is 0 Å². The van der Waals surface area contributed by atoms with E-state index in [1.807, 2.05) is 0 Å². The number of aromatic nitrogens is 3. The Hall–Kier alpha value is -2.48. The van der Waals surface area contributed by atoms with Gasteiger partial charge in [0.15, 0.2) is 5.13 Å². The Morgan fingerprint density at radius 3 is 2.62 bits per heavy atom. The number of benzene rings is 1. The molecule has 2 aromatic heterocycles. The molecule has 1 saturated heterocycles. The molecule has 0 spiro atoms. The quantitative estimate of drug-likeness (QED) is 0.767. The number of nitrogens with one attached hydrogen (secondary N) is 1. The highest BCUT2D eigenvalue weighted by Gasteiger charge is 2.27. The molecule has 2 aliphatic rings. The second kappa shape index (κ2) is 6.05. The molecule has 0 atom stereocenters. The lowest BCUT2D eigenvalue weighted by atomic mass is 10.3. The molecule has 3 heterocycles. The molecule has 1 aromatic carbocycles. The third-order valence-corrected chi connectivity index (χ3v) is 6.01. The van der Waals surface area contributed by atoms with Crippen molar-refractivity contribution in [1.29, 1.82) is 0 Å². The second-order valence-corrected chi connectivity index (χ2v) is 7.86. The van der Waals surface area contributed by atoms with Crippen molar-refractivity contribution in [2.75, 3.05) is 36.0 Å². The van der Waals surface area contributed by atoms with E-state index in [-0.39, 0.29) is 11.4 Å². The number of hydrogen-bond donors (Lipinski definition) is 1. The number of hydrogen-bond acceptors (Lipinski definition) is 6. The molecule has 0 amide bonds. The molecular formula is C18H18FN5OS. The average molecular weight is 371 g/mol. The Kier molecular flexibility index (Phi) is 3.66. The molecule has 6 nitrogen and oxygen atoms in total. The number of aromatic amines is 1. The number of thiazole rings is 1. The first-order valence-electron chi connectivity index (χ1n) is 8.83. The van der Waals surface area contributed by atoms with Crippen molar-refractivity contribution in [3.05, 3.63) is 46.1 Å². The van der Waals surface area contributed by atoms with Gasteiger partial charge in [0, 0.05) is 38.2 Å². The standard InChI is InChI=1S/C18H18FN5OS/c19-12-3-4-13-15(9-12)26-18(21-13)24-7-5-23(6-8-24)17-20-14(11-1-2-11)10-16(25)22-17/h3-4,9-11H,1-2,5-8H2,(H,20,22,25). The van der Waals surface area contributed by atoms with Crippen LogP contribution in [0.5, 0.6) is 0 Å². The van der Waals surface area contributed by atoms with Crippen molar-refractivity contribution in [1.82, 2.24) is 15.0 Å². The van der Waals surface area contributed by atoms with E-state index in [9.17, 15) is 9.18 Å². The van der Waals surface area contributed by atoms with Gasteiger partial charge in [0.05, 0.1) is 15.9 Å². The summed E-state index contributed by atoms with van der Waals surface area (Å²) >= 11 is 1.51. The van der Waals surface area contributed by atoms with E-state index in [0.29, 0.717) is 11.9 Å². The van der Waals surface area contributed by atoms with Gasteiger partial charge in [-0.15, -0.1) is 0 Å². The summed E-state index contributed by atoms with van der Waals surface area (Å²) in [4.78, 5) is 28.4. The molecular weight excluding hydrogens is 353 g/mol. The first-order valence-corrected chi connectivity index (χ1v) is 9.64. The van der Waals surface area contributed by atoms with Crippen LogP contribution in [0.1, 0.15) is 24.5 Å². The summed E-state index contributed by atoms with van der Waals surface area (Å²) in [6, 6.07) is 6.32. The number of H-pyrrole nitrogens is 1. The van der Waals surface area contributed by atoms with Gasteiger partial charge in [-0.2, -0.15) is 0 Å². The van der Waals surface area contributed by atoms with E-state index in [1.54, 1.807) is 12.1 Å². The van der Waals surface area contributed by atoms with Gasteiger partial charge in [-0.05, 0) is 31.0 Å². The number of anilines is 2. The van der Waals surface area contributed by atoms with Crippen molar-refractivity contribution in [2.45, 2.75) is 18.8 Å². The zero-order valence-corrected chi connectivity index (χ0v) is 14.9. The predicted molar refractivity (Wildman–Crippen MR) is 101 cm³/mol. The molecule has 0 radical (unpaired) electrons. The lowest BCUT2D eigenvalue weighted by Crippen LogP contribution is -2.47. The van der Waals surface area contributed by atoms with Crippen molar-refractivity contribution in [2.24, 2.45) is 0 Å². The highest BCUT2D eigenvalue weighted by atomic mass is 32.1. The molecule has 8 heteroatoms. The van der Waals surface area contributed by atoms with Crippen molar-refractivity contribution >= 4 is 32.6 Å². The maximum Gasteiger partial charge on any atom is 0.252 e. The normalized spacial score (nSPS) is 17.9. The third-order valence-electron chi connectivity index (χ3n) is 4.93. The zero-order chi connectivity index (χ0) is 17.7. The van der Waals surface area contributed by atoms with Crippen LogP contribution < -0.4 is 15.4 Å². The van der Waals surface area contributed by atoms with Crippen molar-refractivity contribution < 1.29 is 4.39 Å². The number of piperazine rings is 1. The largest absolute Gasteiger partial charge is 0.345 e. The molecule has 1 saturated carbocycles. The molecule has 1 aliphatic carbocycles. The minimum Gasteiger partial charge on any atom is -0.345 e. The fraction of sp³-hybridized carbons (Fsp3) is 0.389. The predicted octanol–water partition coefficient (Wildman–Crippen LogP) is 2.72. The maximum absolute atomic E-state index is 13.4. The Morgan fingerprint density at radius 2 is 1.85 bits per heavy atom. The Bertz CT molecular complexity index is 1020. The van der Waals surface area contributed by atoms with Crippen LogP contribution in [0.25, 0.3) is 10.2 Å². The molecule has 5 rings (SSSR count). The number of fused-ring (bicyclic) bond motifs is 1. The van der Waals surface area contributed by atoms with Crippen LogP contribution >= 0.6 is 11.3 Å². The SMILES string of the molecule is O=c1cc(C2CC2)nc(N2CCN(c3nc4ccc(F)cc4s3)CC2)[nH]1. The molecule has 134 valence electrons. The highest BCUT2D eigenvalue weighted by molar-refractivity contribution is 7.22. The van der Waals surface area contributed by atoms with Crippen LogP contribution in [-0.4, -0.2) is 41.1 Å². The first-order chi connectivity index (χ1) is 12.7. The smallest absolute Gasteiger partial charge is 0.252 e. The molecule has 0 bridgehead atoms. The first kappa shape index (κ1) is 15.7. The summed E-state index contributed by atoms with van der Waals surface area (Å²) in [7, 11) is 0. The van der Waals surface area contributed by atoms with Crippen LogP contribution in [0.3, 0.4) is 0 Å². The summed E-state index contributed by atoms with van der Waals surface area (Å²) in [5.41, 5.74) is 1.67. The van der Waals surface area contributed by atoms with E-state index in [2.05, 4.69) is 24.8 Å². The van der Waals surface area contributed by atoms with Gasteiger partial charge in [-0.3, -0.25) is 9.78 Å². The Balaban J connectivity index is 1.33. The van der Waals surface area contributed by atoms with Crippen LogP contribution in [0.4, 0.5) is 15.5 Å². The van der Waals surface area contributed by atoms with E-state index < -0.39 is 0 Å². The van der Waals surface area contributed by atoms with E-state index in [4.69, 9.17) is 0 Å². The van der Waals surface area contributed by atoms with Gasteiger partial charge in [0.25, 0.3) is 5.56 Å². The second-order valence-electron chi connectivity index (χ2n) is 6.85. The Labute approximate surface area is 153 Å². The number of rotatable bonds is 3. The summed E-state index contributed by atoms with van der Waals surface area (Å²) in [5, 5.41) is 0.915. The topological polar surface area (TPSA) is 65.1 Å². The minimum absolute atomic E-state index is 0.0764. The fourth-order valence-corrected chi connectivity index (χ4v) is 4.37. The van der Waals surface area contributed by atoms with Gasteiger partial charge < -0.3 is 9.80 Å². The lowest BCUT2D eigenvalue weighted by Gasteiger charge is -2.34. The van der Waals surface area contributed by atoms with Gasteiger partial charge in [-0.1, -0.05) is 11.3 Å². The van der Waals surface area contributed by atoms with Crippen LogP contribution in [0.15, 0.2) is 29.1 Å². The zero-order valence-electron chi connectivity index (χ0n) is 14.1. The molecule has 2 fully saturated rings. The molecule has 3 aromatic rings. The summed E-state index contributed by atoms with van der Waals surface area (Å²) in [6.07, 6.45) is 2.25. The summed E-state index contributed by atoms with van der Waals surface area (Å²) in [6.45, 7) is 3.11. The number of halogens is 1. The van der Waals surface area contributed by atoms with E-state index in [0.717, 1.165) is 60.1 Å². The summed E-state index contributed by atoms with van der Waals surface area (Å²) in [5.74, 6) is 0.897. The Morgan fingerprint density at radius 1 is 1.08 bits per heavy atom. The average Bonchev–Trinajstić information content (AvgIpc) is 3.41. The van der Waals surface area contributed by atoms with Gasteiger partial charge >= 0.3 is 0 Å². The van der Waals surface area contributed by atoms with E-state index in [1.165, 1.54) is 23.5 Å². The number of nitrogens with zero attached hydrogens (tertiary/aromatic N) is 4. The van der Waals surface area contributed by atoms with Crippen molar-refractivity contribution in [3.63, 3.8) is 0 Å². The minimum atomic E-state index is -0.233. The third kappa shape index (κ3) is 2.94. The molecule has 0 unspecified atom stereocenters. The van der Waals surface area contributed by atoms with Gasteiger partial charge in [-0.25, -0.2) is 14.4 Å². The fourth-order valence-electron chi connectivity index (χ4n) is 3.33. The van der Waals surface area contributed by atoms with Crippen molar-refractivity contribution in [3.8, 4) is 0 Å². The van der Waals surface area contributed by atoms with Gasteiger partial charge in [0.2, 0.25) is 5.95 Å². The van der Waals surface area contributed by atoms with Crippen LogP contribution in [-0.2, 0) is 0 Å². The van der Waals surface area contributed by atoms with E-state index >= 15 is 0 Å². The highest BCUT2D eigenvalue weighted by Crippen LogP contribution is 2.38. The molecule has 1 N–H and O–H groups in total. The lowest BCUT2D eigenvalue weighted by molar-refractivity contribution is 0.630. The molecule has 26 heavy (non-hydrogen) atoms. The monoisotopic (exact) mass is 371 g/mol. The maximum atomic E-state index is 13.4. The van der Waals surface area contributed by atoms with Crippen LogP contribution in [0, 0.1) is 5.82 Å². The molecule has 1 aliphatic heterocycles. The summed E-state index contributed by atoms with van der Waals surface area (Å²) < 4.78 is 14.2. The van der Waals surface area contributed by atoms with Gasteiger partial charge in [0.1, 0.15) is 5.82 Å².